The number of carbonyl (C=O) groups is 2. The normalized spacial score (nSPS) is 19.4. The van der Waals surface area contributed by atoms with Gasteiger partial charge in [0.2, 0.25) is 11.8 Å². The Kier molecular flexibility index (Phi) is 3.64. The molecular weight excluding hydrogens is 234 g/mol. The van der Waals surface area contributed by atoms with E-state index in [4.69, 9.17) is 4.52 Å². The maximum atomic E-state index is 11.9. The average Bonchev–Trinajstić information content (AvgIpc) is 2.67. The first-order valence-corrected chi connectivity index (χ1v) is 6.04. The van der Waals surface area contributed by atoms with Gasteiger partial charge < -0.3 is 15.2 Å². The second-order valence-corrected chi connectivity index (χ2v) is 4.56. The van der Waals surface area contributed by atoms with Crippen molar-refractivity contribution in [3.63, 3.8) is 0 Å². The van der Waals surface area contributed by atoms with Gasteiger partial charge in [-0.25, -0.2) is 0 Å². The fraction of sp³-hybridized carbons (Fsp3) is 0.583. The summed E-state index contributed by atoms with van der Waals surface area (Å²) in [7, 11) is 0. The topological polar surface area (TPSA) is 84.2 Å². The number of nitrogens with zero attached hydrogens (tertiary/aromatic N) is 1. The van der Waals surface area contributed by atoms with Gasteiger partial charge in [-0.05, 0) is 20.3 Å². The first-order chi connectivity index (χ1) is 8.58. The molecular formula is C12H17N3O3. The molecule has 1 aromatic heterocycles. The van der Waals surface area contributed by atoms with Gasteiger partial charge in [0.25, 0.3) is 0 Å². The summed E-state index contributed by atoms with van der Waals surface area (Å²) in [5.74, 6) is 0.577. The minimum atomic E-state index is -0.136. The lowest BCUT2D eigenvalue weighted by atomic mass is 9.98. The molecule has 0 bridgehead atoms. The number of hydrogen-bond donors (Lipinski definition) is 2. The number of aromatic nitrogens is 1. The maximum Gasteiger partial charge on any atom is 0.225 e. The molecule has 0 saturated carbocycles. The van der Waals surface area contributed by atoms with Crippen LogP contribution in [0.1, 0.15) is 29.9 Å². The van der Waals surface area contributed by atoms with Crippen molar-refractivity contribution in [3.8, 4) is 0 Å². The summed E-state index contributed by atoms with van der Waals surface area (Å²) in [5, 5.41) is 9.39. The van der Waals surface area contributed by atoms with Crippen molar-refractivity contribution < 1.29 is 14.1 Å². The molecule has 0 spiro atoms. The van der Waals surface area contributed by atoms with Crippen molar-refractivity contribution >= 4 is 11.8 Å². The van der Waals surface area contributed by atoms with Crippen molar-refractivity contribution in [1.82, 2.24) is 15.8 Å². The predicted molar refractivity (Wildman–Crippen MR) is 63.6 cm³/mol. The molecule has 1 atom stereocenters. The van der Waals surface area contributed by atoms with Crippen LogP contribution in [0.2, 0.25) is 0 Å². The Balaban J connectivity index is 1.87. The van der Waals surface area contributed by atoms with E-state index in [1.807, 2.05) is 13.8 Å². The number of piperidine rings is 1. The number of carbonyl (C=O) groups excluding carboxylic acids is 2. The molecule has 0 aromatic carbocycles. The average molecular weight is 251 g/mol. The van der Waals surface area contributed by atoms with E-state index in [0.717, 1.165) is 17.0 Å². The molecule has 2 N–H and O–H groups in total. The first-order valence-electron chi connectivity index (χ1n) is 6.04. The molecule has 0 aliphatic carbocycles. The summed E-state index contributed by atoms with van der Waals surface area (Å²) in [4.78, 5) is 22.9. The van der Waals surface area contributed by atoms with Crippen LogP contribution in [0.4, 0.5) is 0 Å². The predicted octanol–water partition coefficient (Wildman–Crippen LogP) is 0.434. The van der Waals surface area contributed by atoms with Crippen LogP contribution in [0.25, 0.3) is 0 Å². The van der Waals surface area contributed by atoms with Gasteiger partial charge in [0.15, 0.2) is 0 Å². The summed E-state index contributed by atoms with van der Waals surface area (Å²) in [6, 6.07) is 0. The zero-order chi connectivity index (χ0) is 13.1. The lowest BCUT2D eigenvalue weighted by molar-refractivity contribution is -0.129. The van der Waals surface area contributed by atoms with Crippen LogP contribution >= 0.6 is 0 Å². The number of nitrogens with one attached hydrogen (secondary N) is 2. The molecule has 1 saturated heterocycles. The van der Waals surface area contributed by atoms with Crippen LogP contribution in [0.3, 0.4) is 0 Å². The molecule has 2 rings (SSSR count). The number of hydrogen-bond acceptors (Lipinski definition) is 4. The fourth-order valence-corrected chi connectivity index (χ4v) is 2.03. The summed E-state index contributed by atoms with van der Waals surface area (Å²) >= 11 is 0. The largest absolute Gasteiger partial charge is 0.361 e. The summed E-state index contributed by atoms with van der Waals surface area (Å²) in [6.07, 6.45) is 1.03. The van der Waals surface area contributed by atoms with Crippen LogP contribution in [0.5, 0.6) is 0 Å². The molecule has 6 heteroatoms. The molecule has 1 aromatic rings. The standard InChI is InChI=1S/C12H17N3O3/c1-7-10(8(2)18-15-7)6-14-12(17)9-3-4-11(16)13-5-9/h9H,3-6H2,1-2H3,(H,13,16)(H,14,17). The Hall–Kier alpha value is -1.85. The summed E-state index contributed by atoms with van der Waals surface area (Å²) in [5.41, 5.74) is 1.72. The Labute approximate surface area is 105 Å². The Morgan fingerprint density at radius 2 is 2.33 bits per heavy atom. The van der Waals surface area contributed by atoms with Crippen molar-refractivity contribution in [1.29, 1.82) is 0 Å². The minimum absolute atomic E-state index is 0.0183. The van der Waals surface area contributed by atoms with Crippen LogP contribution in [-0.4, -0.2) is 23.5 Å². The second-order valence-electron chi connectivity index (χ2n) is 4.56. The van der Waals surface area contributed by atoms with E-state index in [1.54, 1.807) is 0 Å². The van der Waals surface area contributed by atoms with Crippen LogP contribution in [0.15, 0.2) is 4.52 Å². The van der Waals surface area contributed by atoms with Crippen LogP contribution < -0.4 is 10.6 Å². The molecule has 98 valence electrons. The monoisotopic (exact) mass is 251 g/mol. The highest BCUT2D eigenvalue weighted by Gasteiger charge is 2.24. The van der Waals surface area contributed by atoms with Crippen molar-refractivity contribution in [2.45, 2.75) is 33.2 Å². The number of rotatable bonds is 3. The highest BCUT2D eigenvalue weighted by Crippen LogP contribution is 2.14. The lowest BCUT2D eigenvalue weighted by Crippen LogP contribution is -2.42. The Morgan fingerprint density at radius 1 is 1.56 bits per heavy atom. The quantitative estimate of drug-likeness (QED) is 0.816. The van der Waals surface area contributed by atoms with Crippen molar-refractivity contribution in [3.05, 3.63) is 17.0 Å². The molecule has 1 aliphatic heterocycles. The molecule has 1 unspecified atom stereocenters. The van der Waals surface area contributed by atoms with E-state index in [1.165, 1.54) is 0 Å². The van der Waals surface area contributed by atoms with Gasteiger partial charge >= 0.3 is 0 Å². The maximum absolute atomic E-state index is 11.9. The van der Waals surface area contributed by atoms with Gasteiger partial charge in [-0.1, -0.05) is 5.16 Å². The fourth-order valence-electron chi connectivity index (χ4n) is 2.03. The molecule has 0 radical (unpaired) electrons. The van der Waals surface area contributed by atoms with E-state index < -0.39 is 0 Å². The summed E-state index contributed by atoms with van der Waals surface area (Å²) in [6.45, 7) is 4.51. The third kappa shape index (κ3) is 2.69. The van der Waals surface area contributed by atoms with Gasteiger partial charge in [-0.3, -0.25) is 9.59 Å². The second kappa shape index (κ2) is 5.20. The van der Waals surface area contributed by atoms with E-state index in [0.29, 0.717) is 25.9 Å². The van der Waals surface area contributed by atoms with Gasteiger partial charge in [-0.15, -0.1) is 0 Å². The zero-order valence-corrected chi connectivity index (χ0v) is 10.6. The molecule has 2 amide bonds. The number of amides is 2. The van der Waals surface area contributed by atoms with Gasteiger partial charge in [0, 0.05) is 25.1 Å². The third-order valence-corrected chi connectivity index (χ3v) is 3.26. The van der Waals surface area contributed by atoms with E-state index in [2.05, 4.69) is 15.8 Å². The number of aryl methyl sites for hydroxylation is 2. The first kappa shape index (κ1) is 12.6. The molecule has 6 nitrogen and oxygen atoms in total. The van der Waals surface area contributed by atoms with Gasteiger partial charge in [-0.2, -0.15) is 0 Å². The van der Waals surface area contributed by atoms with Gasteiger partial charge in [0.05, 0.1) is 11.6 Å². The van der Waals surface area contributed by atoms with E-state index in [-0.39, 0.29) is 17.7 Å². The molecule has 2 heterocycles. The van der Waals surface area contributed by atoms with Crippen LogP contribution in [-0.2, 0) is 16.1 Å². The highest BCUT2D eigenvalue weighted by molar-refractivity contribution is 5.83. The SMILES string of the molecule is Cc1noc(C)c1CNC(=O)C1CCC(=O)NC1. The summed E-state index contributed by atoms with van der Waals surface area (Å²) < 4.78 is 5.03. The van der Waals surface area contributed by atoms with E-state index in [9.17, 15) is 9.59 Å². The molecule has 1 aliphatic rings. The van der Waals surface area contributed by atoms with E-state index >= 15 is 0 Å². The molecule has 18 heavy (non-hydrogen) atoms. The Bertz CT molecular complexity index is 438. The van der Waals surface area contributed by atoms with Crippen LogP contribution in [0, 0.1) is 19.8 Å². The zero-order valence-electron chi connectivity index (χ0n) is 10.6. The lowest BCUT2D eigenvalue weighted by Gasteiger charge is -2.21. The Morgan fingerprint density at radius 3 is 2.89 bits per heavy atom. The molecule has 1 fully saturated rings. The minimum Gasteiger partial charge on any atom is -0.361 e. The van der Waals surface area contributed by atoms with Crippen molar-refractivity contribution in [2.24, 2.45) is 5.92 Å². The smallest absolute Gasteiger partial charge is 0.225 e. The highest BCUT2D eigenvalue weighted by atomic mass is 16.5. The third-order valence-electron chi connectivity index (χ3n) is 3.26. The van der Waals surface area contributed by atoms with Crippen molar-refractivity contribution in [2.75, 3.05) is 6.54 Å². The van der Waals surface area contributed by atoms with Gasteiger partial charge in [0.1, 0.15) is 5.76 Å².